The zero-order valence-electron chi connectivity index (χ0n) is 25.1. The van der Waals surface area contributed by atoms with Gasteiger partial charge < -0.3 is 25.6 Å². The number of halogens is 7. The van der Waals surface area contributed by atoms with E-state index in [0.29, 0.717) is 22.7 Å². The number of nitrogens with zero attached hydrogens (tertiary/aromatic N) is 2. The molecule has 0 radical (unpaired) electrons. The number of amides is 2. The first-order chi connectivity index (χ1) is 22.4. The molecule has 2 aliphatic rings. The predicted molar refractivity (Wildman–Crippen MR) is 164 cm³/mol. The number of nitrogens with two attached hydrogens (primary N) is 1. The van der Waals surface area contributed by atoms with Crippen molar-refractivity contribution < 1.29 is 46.1 Å². The summed E-state index contributed by atoms with van der Waals surface area (Å²) in [5, 5.41) is 13.3. The van der Waals surface area contributed by atoms with Crippen LogP contribution in [0.15, 0.2) is 36.4 Å². The zero-order valence-corrected chi connectivity index (χ0v) is 26.6. The molecule has 48 heavy (non-hydrogen) atoms. The highest BCUT2D eigenvalue weighted by molar-refractivity contribution is 6.33. The van der Waals surface area contributed by atoms with E-state index in [1.165, 1.54) is 19.1 Å². The van der Waals surface area contributed by atoms with Crippen molar-refractivity contribution >= 4 is 45.9 Å². The molecule has 0 saturated heterocycles. The summed E-state index contributed by atoms with van der Waals surface area (Å²) in [5.41, 5.74) is -1.50. The van der Waals surface area contributed by atoms with Gasteiger partial charge in [0.25, 0.3) is 5.91 Å². The molecule has 4 N–H and O–H groups in total. The largest absolute Gasteiger partial charge is 0.489 e. The minimum absolute atomic E-state index is 0.113. The van der Waals surface area contributed by atoms with E-state index < -0.39 is 75.8 Å². The van der Waals surface area contributed by atoms with Crippen LogP contribution in [-0.4, -0.2) is 52.3 Å². The summed E-state index contributed by atoms with van der Waals surface area (Å²) in [7, 11) is 0. The van der Waals surface area contributed by atoms with Crippen LogP contribution in [-0.2, 0) is 15.8 Å². The quantitative estimate of drug-likeness (QED) is 0.150. The van der Waals surface area contributed by atoms with Crippen molar-refractivity contribution in [1.29, 1.82) is 0 Å². The van der Waals surface area contributed by atoms with Gasteiger partial charge in [-0.1, -0.05) is 23.2 Å². The van der Waals surface area contributed by atoms with E-state index in [2.05, 4.69) is 15.3 Å². The summed E-state index contributed by atoms with van der Waals surface area (Å²) in [6.45, 7) is 1.06. The van der Waals surface area contributed by atoms with Crippen LogP contribution in [0.3, 0.4) is 0 Å². The average molecular weight is 711 g/mol. The normalized spacial score (nSPS) is 18.6. The summed E-state index contributed by atoms with van der Waals surface area (Å²) in [4.78, 5) is 34.3. The molecule has 1 fully saturated rings. The number of pyridine rings is 2. The van der Waals surface area contributed by atoms with E-state index in [0.717, 1.165) is 25.0 Å². The molecular formula is C32H25Cl2F5N4O5. The van der Waals surface area contributed by atoms with Crippen molar-refractivity contribution in [3.8, 4) is 22.8 Å². The second-order valence-electron chi connectivity index (χ2n) is 11.9. The number of ether oxygens (including phenoxy) is 2. The van der Waals surface area contributed by atoms with Gasteiger partial charge in [-0.2, -0.15) is 13.2 Å². The van der Waals surface area contributed by atoms with E-state index in [1.54, 1.807) is 13.0 Å². The molecule has 0 unspecified atom stereocenters. The van der Waals surface area contributed by atoms with Crippen LogP contribution in [0.2, 0.25) is 10.0 Å². The number of nitrogens with one attached hydrogen (secondary N) is 1. The molecule has 1 aliphatic heterocycles. The third-order valence-corrected chi connectivity index (χ3v) is 9.15. The smallest absolute Gasteiger partial charge is 0.424 e. The van der Waals surface area contributed by atoms with Crippen molar-refractivity contribution in [3.05, 3.63) is 80.6 Å². The number of aryl methyl sites for hydroxylation is 1. The summed E-state index contributed by atoms with van der Waals surface area (Å²) in [6.07, 6.45) is -4.06. The fourth-order valence-corrected chi connectivity index (χ4v) is 5.65. The van der Waals surface area contributed by atoms with Crippen molar-refractivity contribution in [2.24, 2.45) is 5.73 Å². The molecule has 4 aromatic rings. The van der Waals surface area contributed by atoms with E-state index in [-0.39, 0.29) is 33.8 Å². The second kappa shape index (κ2) is 11.7. The Balaban J connectivity index is 1.44. The highest BCUT2D eigenvalue weighted by atomic mass is 35.5. The Morgan fingerprint density at radius 3 is 2.50 bits per heavy atom. The SMILES string of the molecule is Cc1nc2c(OC3CC3)cc(C(=O)NC[C@](O)(c3cc4c(c(-c5ccc(F)c(F)c5Cl)n3)OC[C@]4(C)C(N)=O)C(F)(F)F)cc2cc1Cl. The van der Waals surface area contributed by atoms with Crippen LogP contribution in [0.1, 0.15) is 47.1 Å². The van der Waals surface area contributed by atoms with Crippen LogP contribution < -0.4 is 20.5 Å². The third-order valence-electron chi connectivity index (χ3n) is 8.40. The minimum atomic E-state index is -5.49. The van der Waals surface area contributed by atoms with Gasteiger partial charge in [-0.3, -0.25) is 9.59 Å². The summed E-state index contributed by atoms with van der Waals surface area (Å²) in [6, 6.07) is 6.63. The third kappa shape index (κ3) is 5.65. The lowest BCUT2D eigenvalue weighted by molar-refractivity contribution is -0.265. The molecular weight excluding hydrogens is 686 g/mol. The Morgan fingerprint density at radius 1 is 1.15 bits per heavy atom. The van der Waals surface area contributed by atoms with E-state index in [4.69, 9.17) is 38.4 Å². The number of benzene rings is 2. The van der Waals surface area contributed by atoms with Crippen LogP contribution in [0.4, 0.5) is 22.0 Å². The molecule has 1 saturated carbocycles. The molecule has 2 atom stereocenters. The van der Waals surface area contributed by atoms with E-state index in [9.17, 15) is 36.6 Å². The van der Waals surface area contributed by atoms with Gasteiger partial charge in [0.05, 0.1) is 34.1 Å². The molecule has 2 amide bonds. The summed E-state index contributed by atoms with van der Waals surface area (Å²) < 4.78 is 84.4. The zero-order chi connectivity index (χ0) is 34.9. The lowest BCUT2D eigenvalue weighted by atomic mass is 9.81. The van der Waals surface area contributed by atoms with Gasteiger partial charge in [-0.05, 0) is 63.1 Å². The van der Waals surface area contributed by atoms with Gasteiger partial charge in [-0.15, -0.1) is 0 Å². The molecule has 0 spiro atoms. The topological polar surface area (TPSA) is 137 Å². The average Bonchev–Trinajstić information content (AvgIpc) is 3.78. The van der Waals surface area contributed by atoms with Crippen LogP contribution >= 0.6 is 23.2 Å². The van der Waals surface area contributed by atoms with Crippen LogP contribution in [0.25, 0.3) is 22.2 Å². The number of primary amides is 1. The minimum Gasteiger partial charge on any atom is -0.489 e. The van der Waals surface area contributed by atoms with Gasteiger partial charge >= 0.3 is 6.18 Å². The van der Waals surface area contributed by atoms with Gasteiger partial charge in [-0.25, -0.2) is 18.7 Å². The Labute approximate surface area is 279 Å². The van der Waals surface area contributed by atoms with Gasteiger partial charge in [0, 0.05) is 22.1 Å². The number of hydrogen-bond donors (Lipinski definition) is 3. The Hall–Kier alpha value is -4.27. The van der Waals surface area contributed by atoms with Crippen molar-refractivity contribution in [3.63, 3.8) is 0 Å². The number of fused-ring (bicyclic) bond motifs is 2. The number of rotatable bonds is 8. The molecule has 6 rings (SSSR count). The Kier molecular flexibility index (Phi) is 8.20. The molecule has 2 aromatic carbocycles. The summed E-state index contributed by atoms with van der Waals surface area (Å²) in [5.74, 6) is -4.92. The molecule has 252 valence electrons. The number of carbonyl (C=O) groups is 2. The monoisotopic (exact) mass is 710 g/mol. The first-order valence-electron chi connectivity index (χ1n) is 14.4. The van der Waals surface area contributed by atoms with Crippen molar-refractivity contribution in [1.82, 2.24) is 15.3 Å². The standard InChI is InChI=1S/C32H25Cl2F5N4O5/c1-13-19(33)8-14-7-15(9-21(25(14)42-13)48-16-3-4-16)28(44)41-11-31(46,32(37,38)39)22-10-18-27(47-12-30(18,2)29(40)45)26(43-22)17-5-6-20(35)24(36)23(17)34/h5-10,16,46H,3-4,11-12H2,1-2H3,(H2,40,45)(H,41,44)/t30-,31-/m0/s1. The van der Waals surface area contributed by atoms with Crippen LogP contribution in [0, 0.1) is 18.6 Å². The maximum absolute atomic E-state index is 14.8. The number of aromatic nitrogens is 2. The molecule has 1 aliphatic carbocycles. The van der Waals surface area contributed by atoms with Crippen molar-refractivity contribution in [2.45, 2.75) is 50.0 Å². The first-order valence-corrected chi connectivity index (χ1v) is 15.2. The highest BCUT2D eigenvalue weighted by Crippen LogP contribution is 2.49. The van der Waals surface area contributed by atoms with E-state index >= 15 is 0 Å². The van der Waals surface area contributed by atoms with Crippen molar-refractivity contribution in [2.75, 3.05) is 13.2 Å². The maximum atomic E-state index is 14.8. The predicted octanol–water partition coefficient (Wildman–Crippen LogP) is 6.05. The number of hydrogen-bond acceptors (Lipinski definition) is 7. The fourth-order valence-electron chi connectivity index (χ4n) is 5.24. The Morgan fingerprint density at radius 2 is 1.85 bits per heavy atom. The number of carbonyl (C=O) groups excluding carboxylic acids is 2. The molecule has 2 aromatic heterocycles. The molecule has 16 heteroatoms. The summed E-state index contributed by atoms with van der Waals surface area (Å²) >= 11 is 12.3. The van der Waals surface area contributed by atoms with Gasteiger partial charge in [0.15, 0.2) is 11.6 Å². The first kappa shape index (κ1) is 33.6. The van der Waals surface area contributed by atoms with Gasteiger partial charge in [0.1, 0.15) is 34.7 Å². The maximum Gasteiger partial charge on any atom is 0.424 e. The number of aliphatic hydroxyl groups is 1. The molecule has 0 bridgehead atoms. The van der Waals surface area contributed by atoms with E-state index in [1.807, 2.05) is 0 Å². The Bertz CT molecular complexity index is 2030. The number of alkyl halides is 3. The molecule has 9 nitrogen and oxygen atoms in total. The lowest BCUT2D eigenvalue weighted by Crippen LogP contribution is -2.51. The lowest BCUT2D eigenvalue weighted by Gasteiger charge is -2.31. The van der Waals surface area contributed by atoms with Gasteiger partial charge in [0.2, 0.25) is 11.5 Å². The molecule has 3 heterocycles. The second-order valence-corrected chi connectivity index (χ2v) is 12.7. The van der Waals surface area contributed by atoms with Crippen LogP contribution in [0.5, 0.6) is 11.5 Å². The highest BCUT2D eigenvalue weighted by Gasteiger charge is 2.58. The fraction of sp³-hybridized carbons (Fsp3) is 0.312.